The van der Waals surface area contributed by atoms with E-state index in [1.54, 1.807) is 24.3 Å². The number of nitrogens with one attached hydrogen (secondary N) is 1. The quantitative estimate of drug-likeness (QED) is 0.522. The first-order chi connectivity index (χ1) is 12.9. The summed E-state index contributed by atoms with van der Waals surface area (Å²) < 4.78 is 1.92. The first-order valence-electron chi connectivity index (χ1n) is 8.34. The van der Waals surface area contributed by atoms with Crippen LogP contribution in [0.25, 0.3) is 0 Å². The molecule has 0 fully saturated rings. The maximum atomic E-state index is 12.2. The number of carbonyl (C=O) groups is 1. The molecular formula is C20H19ClN4O2. The topological polar surface area (TPSA) is 79.5 Å². The van der Waals surface area contributed by atoms with Gasteiger partial charge in [0.1, 0.15) is 5.75 Å². The van der Waals surface area contributed by atoms with Crippen LogP contribution in [0.15, 0.2) is 53.6 Å². The first-order valence-corrected chi connectivity index (χ1v) is 8.72. The molecule has 1 aromatic heterocycles. The summed E-state index contributed by atoms with van der Waals surface area (Å²) in [6.07, 6.45) is 1.34. The van der Waals surface area contributed by atoms with Crippen LogP contribution >= 0.6 is 11.6 Å². The van der Waals surface area contributed by atoms with Gasteiger partial charge in [-0.15, -0.1) is 0 Å². The molecule has 6 nitrogen and oxygen atoms in total. The summed E-state index contributed by atoms with van der Waals surface area (Å²) >= 11 is 5.87. The smallest absolute Gasteiger partial charge is 0.271 e. The minimum Gasteiger partial charge on any atom is -0.507 e. The zero-order valence-corrected chi connectivity index (χ0v) is 15.7. The number of aromatic nitrogens is 2. The van der Waals surface area contributed by atoms with E-state index < -0.39 is 0 Å². The molecule has 3 rings (SSSR count). The van der Waals surface area contributed by atoms with Crippen molar-refractivity contribution in [3.63, 3.8) is 0 Å². The van der Waals surface area contributed by atoms with Gasteiger partial charge in [-0.1, -0.05) is 23.7 Å². The van der Waals surface area contributed by atoms with Gasteiger partial charge >= 0.3 is 0 Å². The van der Waals surface area contributed by atoms with Gasteiger partial charge in [0.05, 0.1) is 18.5 Å². The number of aryl methyl sites for hydroxylation is 2. The molecule has 7 heteroatoms. The van der Waals surface area contributed by atoms with Crippen LogP contribution in [0.3, 0.4) is 0 Å². The number of amides is 1. The van der Waals surface area contributed by atoms with E-state index in [9.17, 15) is 9.90 Å². The average Bonchev–Trinajstić information content (AvgIpc) is 2.95. The molecule has 0 bridgehead atoms. The second-order valence-corrected chi connectivity index (χ2v) is 6.62. The van der Waals surface area contributed by atoms with Gasteiger partial charge in [-0.3, -0.25) is 9.48 Å². The largest absolute Gasteiger partial charge is 0.507 e. The molecule has 0 aliphatic rings. The van der Waals surface area contributed by atoms with E-state index in [-0.39, 0.29) is 11.7 Å². The van der Waals surface area contributed by atoms with E-state index in [0.717, 1.165) is 17.0 Å². The number of hydrazone groups is 1. The van der Waals surface area contributed by atoms with Gasteiger partial charge in [0.2, 0.25) is 0 Å². The Morgan fingerprint density at radius 1 is 1.22 bits per heavy atom. The Balaban J connectivity index is 1.62. The van der Waals surface area contributed by atoms with E-state index in [1.165, 1.54) is 12.3 Å². The van der Waals surface area contributed by atoms with Gasteiger partial charge in [-0.05, 0) is 55.8 Å². The SMILES string of the molecule is Cc1cc(C)n(Cc2ccc(C(=O)NN=Cc3cc(Cl)ccc3O)cc2)n1. The third kappa shape index (κ3) is 4.74. The molecule has 2 aromatic carbocycles. The summed E-state index contributed by atoms with van der Waals surface area (Å²) in [6.45, 7) is 4.62. The predicted octanol–water partition coefficient (Wildman–Crippen LogP) is 3.67. The third-order valence-corrected chi connectivity index (χ3v) is 4.25. The van der Waals surface area contributed by atoms with E-state index in [4.69, 9.17) is 11.6 Å². The molecule has 27 heavy (non-hydrogen) atoms. The minimum atomic E-state index is -0.342. The van der Waals surface area contributed by atoms with Crippen LogP contribution < -0.4 is 5.43 Å². The number of aromatic hydroxyl groups is 1. The fourth-order valence-electron chi connectivity index (χ4n) is 2.62. The van der Waals surface area contributed by atoms with Crippen LogP contribution in [0.5, 0.6) is 5.75 Å². The summed E-state index contributed by atoms with van der Waals surface area (Å²) in [5, 5.41) is 18.5. The zero-order valence-electron chi connectivity index (χ0n) is 15.0. The lowest BCUT2D eigenvalue weighted by Gasteiger charge is -2.06. The maximum Gasteiger partial charge on any atom is 0.271 e. The lowest BCUT2D eigenvalue weighted by molar-refractivity contribution is 0.0955. The highest BCUT2D eigenvalue weighted by Gasteiger charge is 2.06. The van der Waals surface area contributed by atoms with Gasteiger partial charge in [0, 0.05) is 21.8 Å². The summed E-state index contributed by atoms with van der Waals surface area (Å²) in [4.78, 5) is 12.2. The number of hydrogen-bond acceptors (Lipinski definition) is 4. The zero-order chi connectivity index (χ0) is 19.4. The Hall–Kier alpha value is -3.12. The molecule has 0 saturated heterocycles. The molecule has 0 aliphatic carbocycles. The lowest BCUT2D eigenvalue weighted by Crippen LogP contribution is -2.17. The van der Waals surface area contributed by atoms with Crippen molar-refractivity contribution in [3.05, 3.63) is 81.6 Å². The van der Waals surface area contributed by atoms with Crippen molar-refractivity contribution in [3.8, 4) is 5.75 Å². The van der Waals surface area contributed by atoms with E-state index in [2.05, 4.69) is 15.6 Å². The van der Waals surface area contributed by atoms with Crippen molar-refractivity contribution >= 4 is 23.7 Å². The van der Waals surface area contributed by atoms with Crippen LogP contribution in [0.4, 0.5) is 0 Å². The summed E-state index contributed by atoms with van der Waals surface area (Å²) in [5.41, 5.74) is 6.46. The highest BCUT2D eigenvalue weighted by atomic mass is 35.5. The van der Waals surface area contributed by atoms with Crippen molar-refractivity contribution in [2.24, 2.45) is 5.10 Å². The van der Waals surface area contributed by atoms with Gasteiger partial charge in [-0.25, -0.2) is 5.43 Å². The van der Waals surface area contributed by atoms with Gasteiger partial charge in [0.25, 0.3) is 5.91 Å². The van der Waals surface area contributed by atoms with E-state index in [0.29, 0.717) is 22.7 Å². The monoisotopic (exact) mass is 382 g/mol. The summed E-state index contributed by atoms with van der Waals surface area (Å²) in [5.74, 6) is -0.309. The third-order valence-electron chi connectivity index (χ3n) is 4.01. The van der Waals surface area contributed by atoms with Gasteiger partial charge in [0.15, 0.2) is 0 Å². The average molecular weight is 383 g/mol. The molecule has 0 aliphatic heterocycles. The van der Waals surface area contributed by atoms with Gasteiger partial charge < -0.3 is 5.11 Å². The Bertz CT molecular complexity index is 994. The predicted molar refractivity (Wildman–Crippen MR) is 105 cm³/mol. The molecule has 138 valence electrons. The van der Waals surface area contributed by atoms with Crippen LogP contribution in [-0.2, 0) is 6.54 Å². The molecule has 0 radical (unpaired) electrons. The highest BCUT2D eigenvalue weighted by Crippen LogP contribution is 2.19. The van der Waals surface area contributed by atoms with Crippen molar-refractivity contribution in [2.75, 3.05) is 0 Å². The Morgan fingerprint density at radius 3 is 2.63 bits per heavy atom. The molecular weight excluding hydrogens is 364 g/mol. The summed E-state index contributed by atoms with van der Waals surface area (Å²) in [7, 11) is 0. The number of carbonyl (C=O) groups excluding carboxylic acids is 1. The van der Waals surface area contributed by atoms with Crippen LogP contribution in [0, 0.1) is 13.8 Å². The van der Waals surface area contributed by atoms with Crippen molar-refractivity contribution in [1.29, 1.82) is 0 Å². The molecule has 0 atom stereocenters. The van der Waals surface area contributed by atoms with Crippen LogP contribution in [-0.4, -0.2) is 27.0 Å². The summed E-state index contributed by atoms with van der Waals surface area (Å²) in [6, 6.07) is 13.9. The lowest BCUT2D eigenvalue weighted by atomic mass is 10.1. The number of phenols is 1. The molecule has 0 spiro atoms. The Labute approximate surface area is 162 Å². The standard InChI is InChI=1S/C20H19ClN4O2/c1-13-9-14(2)25(24-13)12-15-3-5-16(6-4-15)20(27)23-22-11-17-10-18(21)7-8-19(17)26/h3-11,26H,12H2,1-2H3,(H,23,27). The van der Waals surface area contributed by atoms with E-state index in [1.807, 2.05) is 36.7 Å². The Kier molecular flexibility index (Phi) is 5.57. The molecule has 0 unspecified atom stereocenters. The minimum absolute atomic E-state index is 0.0332. The molecule has 1 amide bonds. The van der Waals surface area contributed by atoms with E-state index >= 15 is 0 Å². The number of phenolic OH excluding ortho intramolecular Hbond substituents is 1. The fraction of sp³-hybridized carbons (Fsp3) is 0.150. The van der Waals surface area contributed by atoms with Crippen LogP contribution in [0.1, 0.15) is 32.9 Å². The number of nitrogens with zero attached hydrogens (tertiary/aromatic N) is 3. The maximum absolute atomic E-state index is 12.2. The number of benzene rings is 2. The van der Waals surface area contributed by atoms with Crippen molar-refractivity contribution < 1.29 is 9.90 Å². The Morgan fingerprint density at radius 2 is 1.96 bits per heavy atom. The highest BCUT2D eigenvalue weighted by molar-refractivity contribution is 6.30. The number of rotatable bonds is 5. The second kappa shape index (κ2) is 8.05. The normalized spacial score (nSPS) is 11.1. The molecule has 3 aromatic rings. The molecule has 1 heterocycles. The fourth-order valence-corrected chi connectivity index (χ4v) is 2.80. The molecule has 2 N–H and O–H groups in total. The number of halogens is 1. The first kappa shape index (κ1) is 18.7. The van der Waals surface area contributed by atoms with Gasteiger partial charge in [-0.2, -0.15) is 10.2 Å². The van der Waals surface area contributed by atoms with Crippen molar-refractivity contribution in [1.82, 2.24) is 15.2 Å². The van der Waals surface area contributed by atoms with Crippen LogP contribution in [0.2, 0.25) is 5.02 Å². The van der Waals surface area contributed by atoms with Crippen molar-refractivity contribution in [2.45, 2.75) is 20.4 Å². The second-order valence-electron chi connectivity index (χ2n) is 6.18. The number of hydrogen-bond donors (Lipinski definition) is 2. The molecule has 0 saturated carbocycles.